The molecular weight excluding hydrogens is 272 g/mol. The number of rotatable bonds is 2. The average Bonchev–Trinajstić information content (AvgIpc) is 2.66. The predicted molar refractivity (Wildman–Crippen MR) is 81.5 cm³/mol. The lowest BCUT2D eigenvalue weighted by atomic mass is 10.2. The second-order valence-corrected chi connectivity index (χ2v) is 7.61. The highest BCUT2D eigenvalue weighted by molar-refractivity contribution is 7.83. The van der Waals surface area contributed by atoms with Crippen LogP contribution in [0.5, 0.6) is 0 Å². The summed E-state index contributed by atoms with van der Waals surface area (Å²) in [6, 6.07) is 4.20. The molecule has 16 heavy (non-hydrogen) atoms. The van der Waals surface area contributed by atoms with Gasteiger partial charge in [0.05, 0.1) is 8.42 Å². The van der Waals surface area contributed by atoms with Crippen LogP contribution in [0.3, 0.4) is 0 Å². The molecule has 0 N–H and O–H groups in total. The molecule has 2 heterocycles. The standard InChI is InChI=1S/C12H12S4/c1-7-9(5-11(13)15-7)3-4-10-6-12(14)16-8(10)2/h3-6,13-14H,1-2H3/b4-3+. The minimum absolute atomic E-state index is 1.06. The third-order valence-corrected chi connectivity index (χ3v) is 4.87. The van der Waals surface area contributed by atoms with Crippen molar-refractivity contribution in [1.29, 1.82) is 0 Å². The molecule has 0 atom stereocenters. The van der Waals surface area contributed by atoms with Crippen molar-refractivity contribution in [2.45, 2.75) is 22.3 Å². The van der Waals surface area contributed by atoms with Gasteiger partial charge in [-0.1, -0.05) is 12.2 Å². The van der Waals surface area contributed by atoms with E-state index in [2.05, 4.69) is 63.4 Å². The minimum Gasteiger partial charge on any atom is -0.134 e. The van der Waals surface area contributed by atoms with Crippen LogP contribution in [-0.2, 0) is 0 Å². The van der Waals surface area contributed by atoms with Gasteiger partial charge >= 0.3 is 0 Å². The lowest BCUT2D eigenvalue weighted by Crippen LogP contribution is -1.70. The average molecular weight is 284 g/mol. The molecule has 84 valence electrons. The number of thiophene rings is 2. The van der Waals surface area contributed by atoms with Crippen LogP contribution in [0.4, 0.5) is 0 Å². The van der Waals surface area contributed by atoms with Crippen molar-refractivity contribution in [1.82, 2.24) is 0 Å². The van der Waals surface area contributed by atoms with Crippen LogP contribution in [0.15, 0.2) is 20.6 Å². The van der Waals surface area contributed by atoms with E-state index >= 15 is 0 Å². The molecule has 0 saturated heterocycles. The quantitative estimate of drug-likeness (QED) is 0.698. The first-order valence-electron chi connectivity index (χ1n) is 4.83. The number of thiol groups is 2. The maximum atomic E-state index is 4.35. The fourth-order valence-corrected chi connectivity index (χ4v) is 4.06. The highest BCUT2D eigenvalue weighted by Gasteiger charge is 2.02. The van der Waals surface area contributed by atoms with E-state index in [-0.39, 0.29) is 0 Å². The molecule has 0 bridgehead atoms. The Balaban J connectivity index is 2.27. The van der Waals surface area contributed by atoms with E-state index in [0.29, 0.717) is 0 Å². The van der Waals surface area contributed by atoms with Crippen molar-refractivity contribution in [3.8, 4) is 0 Å². The fraction of sp³-hybridized carbons (Fsp3) is 0.167. The van der Waals surface area contributed by atoms with E-state index < -0.39 is 0 Å². The first kappa shape index (κ1) is 12.3. The Labute approximate surface area is 115 Å². The summed E-state index contributed by atoms with van der Waals surface area (Å²) in [7, 11) is 0. The maximum absolute atomic E-state index is 4.35. The molecule has 0 fully saturated rings. The first-order chi connectivity index (χ1) is 7.56. The van der Waals surface area contributed by atoms with E-state index in [4.69, 9.17) is 0 Å². The molecule has 2 rings (SSSR count). The molecule has 0 aliphatic heterocycles. The van der Waals surface area contributed by atoms with Crippen LogP contribution in [-0.4, -0.2) is 0 Å². The summed E-state index contributed by atoms with van der Waals surface area (Å²) in [4.78, 5) is 2.61. The second-order valence-electron chi connectivity index (χ2n) is 3.53. The summed E-state index contributed by atoms with van der Waals surface area (Å²) in [5, 5.41) is 0. The van der Waals surface area contributed by atoms with Gasteiger partial charge in [-0.2, -0.15) is 0 Å². The summed E-state index contributed by atoms with van der Waals surface area (Å²) in [5.41, 5.74) is 2.50. The van der Waals surface area contributed by atoms with Gasteiger partial charge in [0, 0.05) is 9.75 Å². The van der Waals surface area contributed by atoms with Crippen molar-refractivity contribution in [2.75, 3.05) is 0 Å². The van der Waals surface area contributed by atoms with Gasteiger partial charge in [-0.05, 0) is 37.1 Å². The topological polar surface area (TPSA) is 0 Å². The van der Waals surface area contributed by atoms with Crippen molar-refractivity contribution in [3.63, 3.8) is 0 Å². The Kier molecular flexibility index (Phi) is 3.85. The van der Waals surface area contributed by atoms with Gasteiger partial charge in [0.25, 0.3) is 0 Å². The second kappa shape index (κ2) is 5.00. The van der Waals surface area contributed by atoms with Crippen molar-refractivity contribution in [2.24, 2.45) is 0 Å². The van der Waals surface area contributed by atoms with E-state index in [0.717, 1.165) is 8.42 Å². The molecule has 0 aromatic carbocycles. The molecular formula is C12H12S4. The van der Waals surface area contributed by atoms with Crippen LogP contribution in [0.25, 0.3) is 12.2 Å². The zero-order valence-electron chi connectivity index (χ0n) is 9.02. The fourth-order valence-electron chi connectivity index (χ4n) is 1.47. The molecule has 0 radical (unpaired) electrons. The van der Waals surface area contributed by atoms with Crippen molar-refractivity contribution >= 4 is 60.1 Å². The zero-order chi connectivity index (χ0) is 11.7. The minimum atomic E-state index is 1.06. The van der Waals surface area contributed by atoms with E-state index in [9.17, 15) is 0 Å². The number of hydrogen-bond donors (Lipinski definition) is 2. The smallest absolute Gasteiger partial charge is 0.0577 e. The van der Waals surface area contributed by atoms with E-state index in [1.165, 1.54) is 20.9 Å². The summed E-state index contributed by atoms with van der Waals surface area (Å²) in [6.07, 6.45) is 4.29. The molecule has 0 aliphatic rings. The van der Waals surface area contributed by atoms with Crippen molar-refractivity contribution < 1.29 is 0 Å². The molecule has 0 unspecified atom stereocenters. The Morgan fingerprint density at radius 3 is 1.50 bits per heavy atom. The van der Waals surface area contributed by atoms with Gasteiger partial charge in [-0.25, -0.2) is 0 Å². The lowest BCUT2D eigenvalue weighted by molar-refractivity contribution is 1.57. The Morgan fingerprint density at radius 1 is 0.875 bits per heavy atom. The number of aryl methyl sites for hydroxylation is 2. The summed E-state index contributed by atoms with van der Waals surface area (Å²) >= 11 is 12.1. The summed E-state index contributed by atoms with van der Waals surface area (Å²) < 4.78 is 2.13. The van der Waals surface area contributed by atoms with Crippen molar-refractivity contribution in [3.05, 3.63) is 33.0 Å². The molecule has 0 spiro atoms. The highest BCUT2D eigenvalue weighted by atomic mass is 32.2. The van der Waals surface area contributed by atoms with Crippen LogP contribution in [0, 0.1) is 13.8 Å². The number of hydrogen-bond acceptors (Lipinski definition) is 4. The third-order valence-electron chi connectivity index (χ3n) is 2.33. The van der Waals surface area contributed by atoms with Gasteiger partial charge in [0.15, 0.2) is 0 Å². The van der Waals surface area contributed by atoms with Crippen LogP contribution >= 0.6 is 47.9 Å². The monoisotopic (exact) mass is 284 g/mol. The zero-order valence-corrected chi connectivity index (χ0v) is 12.4. The van der Waals surface area contributed by atoms with Gasteiger partial charge < -0.3 is 0 Å². The normalized spacial score (nSPS) is 11.5. The highest BCUT2D eigenvalue weighted by Crippen LogP contribution is 2.28. The molecule has 2 aromatic rings. The van der Waals surface area contributed by atoms with E-state index in [1.807, 2.05) is 0 Å². The molecule has 4 heteroatoms. The van der Waals surface area contributed by atoms with Gasteiger partial charge in [0.1, 0.15) is 0 Å². The molecule has 0 saturated carbocycles. The maximum Gasteiger partial charge on any atom is 0.0577 e. The Bertz CT molecular complexity index is 483. The van der Waals surface area contributed by atoms with Crippen LogP contribution in [0.2, 0.25) is 0 Å². The largest absolute Gasteiger partial charge is 0.134 e. The van der Waals surface area contributed by atoms with E-state index in [1.54, 1.807) is 22.7 Å². The summed E-state index contributed by atoms with van der Waals surface area (Å²) in [6.45, 7) is 4.24. The van der Waals surface area contributed by atoms with Gasteiger partial charge in [0.2, 0.25) is 0 Å². The molecule has 0 nitrogen and oxygen atoms in total. The SMILES string of the molecule is Cc1sc(S)cc1/C=C/c1cc(S)sc1C. The van der Waals surface area contributed by atoms with Gasteiger partial charge in [-0.15, -0.1) is 47.9 Å². The molecule has 2 aromatic heterocycles. The first-order valence-corrected chi connectivity index (χ1v) is 7.36. The Hall–Kier alpha value is -0.160. The molecule has 0 amide bonds. The lowest BCUT2D eigenvalue weighted by Gasteiger charge is -1.90. The van der Waals surface area contributed by atoms with Crippen LogP contribution < -0.4 is 0 Å². The van der Waals surface area contributed by atoms with Gasteiger partial charge in [-0.3, -0.25) is 0 Å². The third kappa shape index (κ3) is 2.74. The Morgan fingerprint density at radius 2 is 1.25 bits per heavy atom. The predicted octanol–water partition coefficient (Wildman–Crippen LogP) is 5.17. The van der Waals surface area contributed by atoms with Crippen LogP contribution in [0.1, 0.15) is 20.9 Å². The summed E-state index contributed by atoms with van der Waals surface area (Å²) in [5.74, 6) is 0. The molecule has 0 aliphatic carbocycles.